The molecule has 0 fully saturated rings. The molecule has 0 saturated heterocycles. The van der Waals surface area contributed by atoms with E-state index < -0.39 is 0 Å². The topological polar surface area (TPSA) is 57.8 Å². The Morgan fingerprint density at radius 3 is 3.14 bits per heavy atom. The van der Waals surface area contributed by atoms with Gasteiger partial charge in [0.1, 0.15) is 12.0 Å². The molecule has 0 amide bonds. The van der Waals surface area contributed by atoms with Crippen molar-refractivity contribution in [2.45, 2.75) is 0 Å². The van der Waals surface area contributed by atoms with Crippen LogP contribution in [0.1, 0.15) is 5.56 Å². The third-order valence-corrected chi connectivity index (χ3v) is 2.21. The highest BCUT2D eigenvalue weighted by atomic mass is 16.5. The average Bonchev–Trinajstić information content (AvgIpc) is 2.59. The van der Waals surface area contributed by atoms with Crippen LogP contribution in [0.4, 0.5) is 0 Å². The van der Waals surface area contributed by atoms with Crippen LogP contribution < -0.4 is 15.5 Å². The van der Waals surface area contributed by atoms with E-state index in [1.54, 1.807) is 0 Å². The molecule has 0 bridgehead atoms. The fourth-order valence-corrected chi connectivity index (χ4v) is 1.61. The number of fused-ring (bicyclic) bond motifs is 3. The van der Waals surface area contributed by atoms with Gasteiger partial charge in [-0.15, -0.1) is 0 Å². The molecule has 0 atom stereocenters. The van der Waals surface area contributed by atoms with Crippen LogP contribution in [0.3, 0.4) is 0 Å². The van der Waals surface area contributed by atoms with Crippen molar-refractivity contribution < 1.29 is 4.74 Å². The van der Waals surface area contributed by atoms with E-state index in [1.165, 1.54) is 0 Å². The SMILES string of the molecule is N=C1N=c2ccc3c(c2=N1)OCC=C3. The van der Waals surface area contributed by atoms with Gasteiger partial charge in [0.25, 0.3) is 0 Å². The second-order valence-electron chi connectivity index (χ2n) is 3.11. The van der Waals surface area contributed by atoms with Crippen LogP contribution in [-0.2, 0) is 0 Å². The van der Waals surface area contributed by atoms with Crippen LogP contribution >= 0.6 is 0 Å². The molecule has 2 aliphatic rings. The molecule has 0 unspecified atom stereocenters. The summed E-state index contributed by atoms with van der Waals surface area (Å²) in [5.41, 5.74) is 1.00. The zero-order valence-corrected chi connectivity index (χ0v) is 7.32. The van der Waals surface area contributed by atoms with E-state index in [9.17, 15) is 0 Å². The minimum atomic E-state index is 0.0477. The van der Waals surface area contributed by atoms with E-state index in [2.05, 4.69) is 9.98 Å². The Hall–Kier alpha value is -1.97. The Morgan fingerprint density at radius 2 is 2.21 bits per heavy atom. The molecule has 0 spiro atoms. The molecule has 0 aliphatic carbocycles. The van der Waals surface area contributed by atoms with Gasteiger partial charge in [-0.2, -0.15) is 0 Å². The van der Waals surface area contributed by atoms with Gasteiger partial charge in [0.15, 0.2) is 5.75 Å². The maximum atomic E-state index is 7.34. The third-order valence-electron chi connectivity index (χ3n) is 2.21. The van der Waals surface area contributed by atoms with Crippen molar-refractivity contribution in [3.8, 4) is 5.75 Å². The first-order valence-corrected chi connectivity index (χ1v) is 4.33. The van der Waals surface area contributed by atoms with Gasteiger partial charge in [0, 0.05) is 5.56 Å². The molecule has 4 nitrogen and oxygen atoms in total. The van der Waals surface area contributed by atoms with Crippen LogP contribution in [0.5, 0.6) is 5.75 Å². The summed E-state index contributed by atoms with van der Waals surface area (Å²) in [6.07, 6.45) is 3.95. The number of ether oxygens (including phenoxy) is 1. The van der Waals surface area contributed by atoms with Crippen LogP contribution in [0.25, 0.3) is 6.08 Å². The summed E-state index contributed by atoms with van der Waals surface area (Å²) < 4.78 is 5.48. The maximum absolute atomic E-state index is 7.34. The van der Waals surface area contributed by atoms with Gasteiger partial charge in [-0.3, -0.25) is 5.41 Å². The smallest absolute Gasteiger partial charge is 0.243 e. The second kappa shape index (κ2) is 2.51. The lowest BCUT2D eigenvalue weighted by Gasteiger charge is -2.10. The van der Waals surface area contributed by atoms with E-state index in [1.807, 2.05) is 24.3 Å². The number of benzene rings is 1. The largest absolute Gasteiger partial charge is 0.487 e. The van der Waals surface area contributed by atoms with Crippen LogP contribution in [0, 0.1) is 5.41 Å². The lowest BCUT2D eigenvalue weighted by Crippen LogP contribution is -2.26. The molecule has 1 aromatic carbocycles. The zero-order chi connectivity index (χ0) is 9.54. The normalized spacial score (nSPS) is 16.4. The Balaban J connectivity index is 2.44. The van der Waals surface area contributed by atoms with Crippen molar-refractivity contribution in [2.75, 3.05) is 6.61 Å². The molecular formula is C10H7N3O. The predicted octanol–water partition coefficient (Wildman–Crippen LogP) is 0.280. The predicted molar refractivity (Wildman–Crippen MR) is 51.0 cm³/mol. The first kappa shape index (κ1) is 7.44. The molecule has 68 valence electrons. The Morgan fingerprint density at radius 1 is 1.29 bits per heavy atom. The molecule has 2 aliphatic heterocycles. The van der Waals surface area contributed by atoms with Crippen molar-refractivity contribution in [1.29, 1.82) is 5.41 Å². The molecule has 0 radical (unpaired) electrons. The molecule has 0 aromatic heterocycles. The lowest BCUT2D eigenvalue weighted by molar-refractivity contribution is 0.354. The van der Waals surface area contributed by atoms with Gasteiger partial charge in [0.2, 0.25) is 5.96 Å². The van der Waals surface area contributed by atoms with Crippen LogP contribution in [0.15, 0.2) is 28.2 Å². The van der Waals surface area contributed by atoms with Gasteiger partial charge in [-0.1, -0.05) is 6.08 Å². The van der Waals surface area contributed by atoms with Crippen LogP contribution in [0.2, 0.25) is 0 Å². The van der Waals surface area contributed by atoms with E-state index in [0.29, 0.717) is 12.0 Å². The molecule has 1 N–H and O–H groups in total. The van der Waals surface area contributed by atoms with Crippen molar-refractivity contribution >= 4 is 12.0 Å². The summed E-state index contributed by atoms with van der Waals surface area (Å²) in [5.74, 6) is 0.794. The highest BCUT2D eigenvalue weighted by Crippen LogP contribution is 2.17. The molecule has 14 heavy (non-hydrogen) atoms. The van der Waals surface area contributed by atoms with Gasteiger partial charge >= 0.3 is 0 Å². The van der Waals surface area contributed by atoms with Gasteiger partial charge in [-0.05, 0) is 18.2 Å². The third kappa shape index (κ3) is 0.907. The molecule has 2 heterocycles. The maximum Gasteiger partial charge on any atom is 0.243 e. The second-order valence-corrected chi connectivity index (χ2v) is 3.11. The number of nitrogens with zero attached hydrogens (tertiary/aromatic N) is 2. The summed E-state index contributed by atoms with van der Waals surface area (Å²) in [4.78, 5) is 8.00. The van der Waals surface area contributed by atoms with Gasteiger partial charge < -0.3 is 4.74 Å². The summed E-state index contributed by atoms with van der Waals surface area (Å²) in [5, 5.41) is 8.76. The monoisotopic (exact) mass is 185 g/mol. The zero-order valence-electron chi connectivity index (χ0n) is 7.32. The average molecular weight is 185 g/mol. The van der Waals surface area contributed by atoms with E-state index in [0.717, 1.165) is 16.7 Å². The molecule has 3 rings (SSSR count). The van der Waals surface area contributed by atoms with Crippen molar-refractivity contribution in [2.24, 2.45) is 9.98 Å². The van der Waals surface area contributed by atoms with Crippen molar-refractivity contribution in [3.05, 3.63) is 34.5 Å². The first-order chi connectivity index (χ1) is 6.84. The first-order valence-electron chi connectivity index (χ1n) is 4.33. The number of guanidine groups is 1. The van der Waals surface area contributed by atoms with Crippen molar-refractivity contribution in [3.63, 3.8) is 0 Å². The lowest BCUT2D eigenvalue weighted by atomic mass is 10.1. The van der Waals surface area contributed by atoms with Gasteiger partial charge in [0.05, 0.1) is 5.36 Å². The Bertz CT molecular complexity index is 572. The summed E-state index contributed by atoms with van der Waals surface area (Å²) in [6, 6.07) is 3.79. The Labute approximate surface area is 79.8 Å². The molecular weight excluding hydrogens is 178 g/mol. The number of hydrogen-bond acceptors (Lipinski definition) is 2. The highest BCUT2D eigenvalue weighted by molar-refractivity contribution is 5.80. The molecule has 4 heteroatoms. The van der Waals surface area contributed by atoms with Gasteiger partial charge in [-0.25, -0.2) is 9.98 Å². The minimum Gasteiger partial charge on any atom is -0.487 e. The summed E-state index contributed by atoms with van der Waals surface area (Å²) in [6.45, 7) is 0.562. The fraction of sp³-hybridized carbons (Fsp3) is 0.100. The number of nitrogens with one attached hydrogen (secondary N) is 1. The fourth-order valence-electron chi connectivity index (χ4n) is 1.61. The van der Waals surface area contributed by atoms with Crippen molar-refractivity contribution in [1.82, 2.24) is 0 Å². The summed E-state index contributed by atoms with van der Waals surface area (Å²) >= 11 is 0. The van der Waals surface area contributed by atoms with E-state index in [4.69, 9.17) is 10.1 Å². The highest BCUT2D eigenvalue weighted by Gasteiger charge is 2.13. The minimum absolute atomic E-state index is 0.0477. The number of hydrogen-bond donors (Lipinski definition) is 1. The molecule has 1 aromatic rings. The Kier molecular flexibility index (Phi) is 1.33. The summed E-state index contributed by atoms with van der Waals surface area (Å²) in [7, 11) is 0. The van der Waals surface area contributed by atoms with E-state index in [-0.39, 0.29) is 5.96 Å². The standard InChI is InChI=1S/C10H7N3O/c11-10-12-7-4-3-6-2-1-5-14-9(6)8(7)13-10/h1-4,11H,5H2. The quantitative estimate of drug-likeness (QED) is 0.620. The number of rotatable bonds is 0. The van der Waals surface area contributed by atoms with Crippen LogP contribution in [-0.4, -0.2) is 12.6 Å². The van der Waals surface area contributed by atoms with E-state index >= 15 is 0 Å². The molecule has 0 saturated carbocycles.